The summed E-state index contributed by atoms with van der Waals surface area (Å²) in [5.41, 5.74) is 0.949. The minimum atomic E-state index is -0.631. The molecule has 1 N–H and O–H groups in total. The molecule has 0 fully saturated rings. The normalized spacial score (nSPS) is 24.0. The van der Waals surface area contributed by atoms with E-state index in [1.54, 1.807) is 0 Å². The lowest BCUT2D eigenvalue weighted by molar-refractivity contribution is -0.402. The highest BCUT2D eigenvalue weighted by molar-refractivity contribution is 6.01. The number of hydrogen-bond acceptors (Lipinski definition) is 5. The highest BCUT2D eigenvalue weighted by Gasteiger charge is 2.41. The highest BCUT2D eigenvalue weighted by atomic mass is 16.6. The van der Waals surface area contributed by atoms with Crippen LogP contribution in [0.1, 0.15) is 44.8 Å². The topological polar surface area (TPSA) is 102 Å². The van der Waals surface area contributed by atoms with E-state index in [1.165, 1.54) is 12.1 Å². The highest BCUT2D eigenvalue weighted by Crippen LogP contribution is 2.44. The molecule has 1 aromatic heterocycles. The summed E-state index contributed by atoms with van der Waals surface area (Å²) in [7, 11) is 0. The third kappa shape index (κ3) is 2.43. The first-order valence-electron chi connectivity index (χ1n) is 7.07. The van der Waals surface area contributed by atoms with Crippen LogP contribution >= 0.6 is 0 Å². The van der Waals surface area contributed by atoms with Crippen molar-refractivity contribution in [1.29, 1.82) is 0 Å². The number of furan rings is 1. The van der Waals surface area contributed by atoms with E-state index in [0.29, 0.717) is 29.9 Å². The summed E-state index contributed by atoms with van der Waals surface area (Å²) >= 11 is 0. The zero-order valence-electron chi connectivity index (χ0n) is 12.3. The Morgan fingerprint density at radius 2 is 2.05 bits per heavy atom. The van der Waals surface area contributed by atoms with Gasteiger partial charge in [-0.1, -0.05) is 13.8 Å². The molecule has 116 valence electrons. The number of Topliss-reactive ketones (excluding diaryl/α,β-unsaturated/α-hetero) is 1. The third-order valence-electron chi connectivity index (χ3n) is 4.08. The van der Waals surface area contributed by atoms with Crippen LogP contribution in [0.25, 0.3) is 0 Å². The first-order valence-corrected chi connectivity index (χ1v) is 7.07. The Morgan fingerprint density at radius 1 is 1.32 bits per heavy atom. The van der Waals surface area contributed by atoms with Crippen LogP contribution in [0.2, 0.25) is 0 Å². The smallest absolute Gasteiger partial charge is 0.405 e. The largest absolute Gasteiger partial charge is 0.433 e. The third-order valence-corrected chi connectivity index (χ3v) is 4.08. The minimum absolute atomic E-state index is 0.0321. The van der Waals surface area contributed by atoms with Crippen LogP contribution in [-0.2, 0) is 9.59 Å². The van der Waals surface area contributed by atoms with Crippen LogP contribution in [0.4, 0.5) is 5.88 Å². The molecular formula is C15H16N2O5. The summed E-state index contributed by atoms with van der Waals surface area (Å²) in [6, 6.07) is 2.72. The zero-order valence-corrected chi connectivity index (χ0v) is 12.3. The summed E-state index contributed by atoms with van der Waals surface area (Å²) in [4.78, 5) is 34.5. The number of nitro groups is 1. The second-order valence-corrected chi connectivity index (χ2v) is 6.57. The fourth-order valence-corrected chi connectivity index (χ4v) is 3.23. The molecule has 1 aliphatic carbocycles. The summed E-state index contributed by atoms with van der Waals surface area (Å²) in [6.07, 6.45) is 1.05. The van der Waals surface area contributed by atoms with Crippen LogP contribution in [-0.4, -0.2) is 16.6 Å². The predicted molar refractivity (Wildman–Crippen MR) is 75.9 cm³/mol. The molecule has 0 bridgehead atoms. The van der Waals surface area contributed by atoms with Gasteiger partial charge in [0.05, 0.1) is 12.0 Å². The Labute approximate surface area is 126 Å². The van der Waals surface area contributed by atoms with Gasteiger partial charge in [-0.05, 0) is 17.9 Å². The van der Waals surface area contributed by atoms with Gasteiger partial charge in [-0.2, -0.15) is 0 Å². The zero-order chi connectivity index (χ0) is 16.1. The second-order valence-electron chi connectivity index (χ2n) is 6.57. The molecule has 3 rings (SSSR count). The molecule has 7 nitrogen and oxygen atoms in total. The number of amides is 1. The van der Waals surface area contributed by atoms with Gasteiger partial charge in [0, 0.05) is 24.1 Å². The van der Waals surface area contributed by atoms with Crippen molar-refractivity contribution in [2.45, 2.75) is 39.0 Å². The minimum Gasteiger partial charge on any atom is -0.405 e. The fourth-order valence-electron chi connectivity index (χ4n) is 3.23. The monoisotopic (exact) mass is 304 g/mol. The van der Waals surface area contributed by atoms with E-state index in [-0.39, 0.29) is 29.4 Å². The number of hydrogen-bond donors (Lipinski definition) is 1. The molecule has 0 radical (unpaired) electrons. The lowest BCUT2D eigenvalue weighted by Crippen LogP contribution is -2.40. The van der Waals surface area contributed by atoms with Gasteiger partial charge in [-0.25, -0.2) is 0 Å². The second kappa shape index (κ2) is 4.79. The number of nitrogens with one attached hydrogen (secondary N) is 1. The van der Waals surface area contributed by atoms with Crippen LogP contribution in [0.15, 0.2) is 27.8 Å². The Kier molecular flexibility index (Phi) is 3.16. The van der Waals surface area contributed by atoms with Crippen LogP contribution in [0.5, 0.6) is 0 Å². The molecule has 7 heteroatoms. The van der Waals surface area contributed by atoms with E-state index >= 15 is 0 Å². The van der Waals surface area contributed by atoms with Gasteiger partial charge in [0.25, 0.3) is 0 Å². The summed E-state index contributed by atoms with van der Waals surface area (Å²) in [5.74, 6) is -0.863. The van der Waals surface area contributed by atoms with Gasteiger partial charge < -0.3 is 9.73 Å². The molecule has 22 heavy (non-hydrogen) atoms. The van der Waals surface area contributed by atoms with E-state index in [4.69, 9.17) is 4.42 Å². The first kappa shape index (κ1) is 14.5. The molecule has 0 aromatic carbocycles. The van der Waals surface area contributed by atoms with Crippen LogP contribution < -0.4 is 5.32 Å². The predicted octanol–water partition coefficient (Wildman–Crippen LogP) is 2.43. The average molecular weight is 304 g/mol. The van der Waals surface area contributed by atoms with Crippen LogP contribution in [0.3, 0.4) is 0 Å². The van der Waals surface area contributed by atoms with Gasteiger partial charge in [0.15, 0.2) is 5.78 Å². The fraction of sp³-hybridized carbons (Fsp3) is 0.467. The van der Waals surface area contributed by atoms with E-state index in [1.807, 2.05) is 13.8 Å². The van der Waals surface area contributed by atoms with E-state index in [2.05, 4.69) is 5.32 Å². The van der Waals surface area contributed by atoms with E-state index < -0.39 is 10.8 Å². The van der Waals surface area contributed by atoms with Gasteiger partial charge in [0.2, 0.25) is 5.91 Å². The summed E-state index contributed by atoms with van der Waals surface area (Å²) < 4.78 is 5.22. The maximum atomic E-state index is 12.5. The van der Waals surface area contributed by atoms with Crippen LogP contribution in [0, 0.1) is 15.5 Å². The Bertz CT molecular complexity index is 713. The average Bonchev–Trinajstić information content (AvgIpc) is 2.84. The molecule has 2 heterocycles. The van der Waals surface area contributed by atoms with E-state index in [0.717, 1.165) is 0 Å². The molecule has 0 saturated carbocycles. The van der Waals surface area contributed by atoms with Gasteiger partial charge >= 0.3 is 5.88 Å². The Hall–Kier alpha value is -2.44. The van der Waals surface area contributed by atoms with Crippen molar-refractivity contribution < 1.29 is 18.9 Å². The summed E-state index contributed by atoms with van der Waals surface area (Å²) in [5, 5.41) is 13.5. The van der Waals surface area contributed by atoms with E-state index in [9.17, 15) is 19.7 Å². The Morgan fingerprint density at radius 3 is 2.68 bits per heavy atom. The van der Waals surface area contributed by atoms with Crippen molar-refractivity contribution in [3.05, 3.63) is 39.3 Å². The van der Waals surface area contributed by atoms with Crippen molar-refractivity contribution in [2.24, 2.45) is 5.41 Å². The molecule has 1 aliphatic heterocycles. The SMILES string of the molecule is CC1(C)CC(=O)C2=C(C1)NC(=O)C[C@H]2c1ccc([N+](=O)[O-])o1. The number of allylic oxidation sites excluding steroid dienone is 2. The molecule has 1 aromatic rings. The summed E-state index contributed by atoms with van der Waals surface area (Å²) in [6.45, 7) is 3.95. The lowest BCUT2D eigenvalue weighted by Gasteiger charge is -2.37. The molecule has 0 saturated heterocycles. The van der Waals surface area contributed by atoms with Gasteiger partial charge in [-0.15, -0.1) is 0 Å². The number of carbonyl (C=O) groups is 2. The van der Waals surface area contributed by atoms with Gasteiger partial charge in [-0.3, -0.25) is 19.7 Å². The van der Waals surface area contributed by atoms with Crippen molar-refractivity contribution in [2.75, 3.05) is 0 Å². The molecule has 1 amide bonds. The Balaban J connectivity index is 2.04. The molecule has 1 atom stereocenters. The number of nitrogens with zero attached hydrogens (tertiary/aromatic N) is 1. The quantitative estimate of drug-likeness (QED) is 0.667. The maximum Gasteiger partial charge on any atom is 0.433 e. The standard InChI is InChI=1S/C15H16N2O5/c1-15(2)6-9-14(10(18)7-15)8(5-12(19)16-9)11-3-4-13(22-11)17(20)21/h3-4,8H,5-7H2,1-2H3,(H,16,19)/t8-/m0/s1. The van der Waals surface area contributed by atoms with Gasteiger partial charge in [0.1, 0.15) is 10.7 Å². The van der Waals surface area contributed by atoms with Crippen molar-refractivity contribution >= 4 is 17.6 Å². The number of rotatable bonds is 2. The van der Waals surface area contributed by atoms with Crippen molar-refractivity contribution in [3.8, 4) is 0 Å². The molecule has 2 aliphatic rings. The van der Waals surface area contributed by atoms with Crippen molar-refractivity contribution in [3.63, 3.8) is 0 Å². The van der Waals surface area contributed by atoms with Crippen molar-refractivity contribution in [1.82, 2.24) is 5.32 Å². The number of ketones is 1. The molecule has 0 spiro atoms. The lowest BCUT2D eigenvalue weighted by atomic mass is 9.71. The number of carbonyl (C=O) groups excluding carboxylic acids is 2. The maximum absolute atomic E-state index is 12.5. The first-order chi connectivity index (χ1) is 10.3. The molecule has 0 unspecified atom stereocenters. The molecular weight excluding hydrogens is 288 g/mol.